The predicted molar refractivity (Wildman–Crippen MR) is 113 cm³/mol. The van der Waals surface area contributed by atoms with Gasteiger partial charge in [0.1, 0.15) is 5.82 Å². The van der Waals surface area contributed by atoms with Crippen LogP contribution >= 0.6 is 11.6 Å². The predicted octanol–water partition coefficient (Wildman–Crippen LogP) is 3.93. The normalized spacial score (nSPS) is 18.6. The van der Waals surface area contributed by atoms with Crippen LogP contribution in [0.3, 0.4) is 0 Å². The average molecular weight is 403 g/mol. The highest BCUT2D eigenvalue weighted by Crippen LogP contribution is 2.29. The van der Waals surface area contributed by atoms with Crippen LogP contribution in [0, 0.1) is 11.3 Å². The fourth-order valence-electron chi connectivity index (χ4n) is 3.47. The van der Waals surface area contributed by atoms with Crippen molar-refractivity contribution in [2.75, 3.05) is 11.4 Å². The molecule has 0 aliphatic carbocycles. The molecule has 0 bridgehead atoms. The second kappa shape index (κ2) is 7.94. The lowest BCUT2D eigenvalue weighted by Gasteiger charge is -2.34. The Morgan fingerprint density at radius 1 is 1.14 bits per heavy atom. The van der Waals surface area contributed by atoms with Crippen molar-refractivity contribution in [3.63, 3.8) is 0 Å². The van der Waals surface area contributed by atoms with Gasteiger partial charge in [-0.3, -0.25) is 9.69 Å². The van der Waals surface area contributed by atoms with Crippen molar-refractivity contribution in [2.24, 2.45) is 0 Å². The molecule has 3 aromatic rings. The van der Waals surface area contributed by atoms with Gasteiger partial charge in [-0.1, -0.05) is 24.3 Å². The van der Waals surface area contributed by atoms with Crippen LogP contribution in [0.1, 0.15) is 16.8 Å². The molecule has 0 fully saturated rings. The zero-order valence-corrected chi connectivity index (χ0v) is 16.5. The van der Waals surface area contributed by atoms with E-state index in [9.17, 15) is 4.79 Å². The van der Waals surface area contributed by atoms with E-state index in [1.807, 2.05) is 48.7 Å². The van der Waals surface area contributed by atoms with Gasteiger partial charge in [-0.2, -0.15) is 5.26 Å². The van der Waals surface area contributed by atoms with Crippen LogP contribution in [-0.4, -0.2) is 26.9 Å². The molecule has 1 aromatic carbocycles. The summed E-state index contributed by atoms with van der Waals surface area (Å²) in [7, 11) is 0. The minimum Gasteiger partial charge on any atom is -0.349 e. The number of aromatic nitrogens is 2. The zero-order valence-electron chi connectivity index (χ0n) is 15.7. The number of hydrogen-bond acceptors (Lipinski definition) is 3. The summed E-state index contributed by atoms with van der Waals surface area (Å²) in [4.78, 5) is 17.5. The van der Waals surface area contributed by atoms with Gasteiger partial charge in [0.05, 0.1) is 23.1 Å². The summed E-state index contributed by atoms with van der Waals surface area (Å²) in [5.41, 5.74) is 2.89. The Labute approximate surface area is 174 Å². The standard InChI is InChI=1S/C23H19ClN4O/c24-23(11-10-22(29)28(17-23)21-5-1-2-12-26-21)16-27-13-3-4-20(27)14-18-6-8-19(15-25)9-7-18/h1-13H,14,16-17H2. The first-order valence-electron chi connectivity index (χ1n) is 9.30. The molecule has 1 atom stereocenters. The summed E-state index contributed by atoms with van der Waals surface area (Å²) in [5.74, 6) is 0.475. The minimum absolute atomic E-state index is 0.120. The number of halogens is 1. The Hall–Kier alpha value is -3.36. The van der Waals surface area contributed by atoms with Crippen LogP contribution in [0.25, 0.3) is 0 Å². The summed E-state index contributed by atoms with van der Waals surface area (Å²) < 4.78 is 2.11. The van der Waals surface area contributed by atoms with E-state index in [1.54, 1.807) is 23.2 Å². The average Bonchev–Trinajstić information content (AvgIpc) is 3.17. The van der Waals surface area contributed by atoms with Crippen molar-refractivity contribution in [2.45, 2.75) is 17.8 Å². The SMILES string of the molecule is N#Cc1ccc(Cc2cccn2CC2(Cl)C=CC(=O)N(c3ccccn3)C2)cc1. The summed E-state index contributed by atoms with van der Waals surface area (Å²) in [6.07, 6.45) is 7.70. The first-order valence-corrected chi connectivity index (χ1v) is 9.68. The van der Waals surface area contributed by atoms with Gasteiger partial charge in [0.15, 0.2) is 0 Å². The molecule has 29 heavy (non-hydrogen) atoms. The molecule has 5 nitrogen and oxygen atoms in total. The first-order chi connectivity index (χ1) is 14.1. The molecule has 1 aliphatic heterocycles. The molecule has 0 saturated heterocycles. The van der Waals surface area contributed by atoms with Crippen molar-refractivity contribution in [3.05, 3.63) is 96.0 Å². The van der Waals surface area contributed by atoms with E-state index in [1.165, 1.54) is 6.08 Å². The third-order valence-corrected chi connectivity index (χ3v) is 5.33. The molecule has 0 spiro atoms. The van der Waals surface area contributed by atoms with Crippen molar-refractivity contribution >= 4 is 23.3 Å². The van der Waals surface area contributed by atoms with Gasteiger partial charge in [0.2, 0.25) is 0 Å². The molecule has 1 amide bonds. The molecule has 3 heterocycles. The molecule has 1 aliphatic rings. The van der Waals surface area contributed by atoms with Gasteiger partial charge in [-0.05, 0) is 42.0 Å². The quantitative estimate of drug-likeness (QED) is 0.607. The van der Waals surface area contributed by atoms with Crippen molar-refractivity contribution < 1.29 is 4.79 Å². The number of alkyl halides is 1. The molecule has 6 heteroatoms. The zero-order chi connectivity index (χ0) is 20.3. The lowest BCUT2D eigenvalue weighted by atomic mass is 10.0. The van der Waals surface area contributed by atoms with Gasteiger partial charge >= 0.3 is 0 Å². The molecule has 0 N–H and O–H groups in total. The summed E-state index contributed by atoms with van der Waals surface area (Å²) in [6, 6.07) is 19.3. The highest BCUT2D eigenvalue weighted by Gasteiger charge is 2.35. The molecular formula is C23H19ClN4O. The molecule has 0 saturated carbocycles. The van der Waals surface area contributed by atoms with Crippen LogP contribution in [0.2, 0.25) is 0 Å². The number of hydrogen-bond donors (Lipinski definition) is 0. The Kier molecular flexibility index (Phi) is 5.20. The number of nitriles is 1. The van der Waals surface area contributed by atoms with Gasteiger partial charge in [-0.15, -0.1) is 11.6 Å². The number of benzene rings is 1. The third kappa shape index (κ3) is 4.23. The molecule has 2 aromatic heterocycles. The largest absolute Gasteiger partial charge is 0.349 e. The number of carbonyl (C=O) groups excluding carboxylic acids is 1. The van der Waals surface area contributed by atoms with Gasteiger partial charge in [-0.25, -0.2) is 4.98 Å². The van der Waals surface area contributed by atoms with E-state index in [2.05, 4.69) is 21.7 Å². The van der Waals surface area contributed by atoms with Crippen LogP contribution < -0.4 is 4.90 Å². The van der Waals surface area contributed by atoms with E-state index in [0.29, 0.717) is 24.5 Å². The Balaban J connectivity index is 1.53. The lowest BCUT2D eigenvalue weighted by molar-refractivity contribution is -0.114. The fraction of sp³-hybridized carbons (Fsp3) is 0.174. The van der Waals surface area contributed by atoms with E-state index in [-0.39, 0.29) is 5.91 Å². The molecule has 1 unspecified atom stereocenters. The molecular weight excluding hydrogens is 384 g/mol. The smallest absolute Gasteiger partial charge is 0.251 e. The summed E-state index contributed by atoms with van der Waals surface area (Å²) in [6.45, 7) is 0.871. The number of carbonyl (C=O) groups is 1. The number of rotatable bonds is 5. The highest BCUT2D eigenvalue weighted by molar-refractivity contribution is 6.27. The van der Waals surface area contributed by atoms with E-state index in [0.717, 1.165) is 17.7 Å². The van der Waals surface area contributed by atoms with Gasteiger partial charge in [0, 0.05) is 37.1 Å². The van der Waals surface area contributed by atoms with E-state index in [4.69, 9.17) is 16.9 Å². The number of nitrogens with zero attached hydrogens (tertiary/aromatic N) is 4. The van der Waals surface area contributed by atoms with Crippen LogP contribution in [-0.2, 0) is 17.8 Å². The molecule has 144 valence electrons. The highest BCUT2D eigenvalue weighted by atomic mass is 35.5. The number of amides is 1. The van der Waals surface area contributed by atoms with Crippen molar-refractivity contribution in [1.82, 2.24) is 9.55 Å². The monoisotopic (exact) mass is 402 g/mol. The van der Waals surface area contributed by atoms with Crippen molar-refractivity contribution in [1.29, 1.82) is 5.26 Å². The van der Waals surface area contributed by atoms with Gasteiger partial charge in [0.25, 0.3) is 5.91 Å². The Bertz CT molecular complexity index is 1080. The van der Waals surface area contributed by atoms with E-state index < -0.39 is 4.87 Å². The fourth-order valence-corrected chi connectivity index (χ4v) is 3.78. The molecule has 0 radical (unpaired) electrons. The minimum atomic E-state index is -0.732. The molecule has 4 rings (SSSR count). The van der Waals surface area contributed by atoms with Crippen LogP contribution in [0.5, 0.6) is 0 Å². The second-order valence-electron chi connectivity index (χ2n) is 7.09. The maximum atomic E-state index is 12.4. The first kappa shape index (κ1) is 19.0. The van der Waals surface area contributed by atoms with Crippen molar-refractivity contribution in [3.8, 4) is 6.07 Å². The topological polar surface area (TPSA) is 61.9 Å². The lowest BCUT2D eigenvalue weighted by Crippen LogP contribution is -2.47. The van der Waals surface area contributed by atoms with Gasteiger partial charge < -0.3 is 4.57 Å². The summed E-state index contributed by atoms with van der Waals surface area (Å²) in [5, 5.41) is 8.95. The maximum absolute atomic E-state index is 12.4. The Morgan fingerprint density at radius 2 is 1.97 bits per heavy atom. The Morgan fingerprint density at radius 3 is 2.69 bits per heavy atom. The van der Waals surface area contributed by atoms with E-state index >= 15 is 0 Å². The van der Waals surface area contributed by atoms with Crippen LogP contribution in [0.15, 0.2) is 79.1 Å². The van der Waals surface area contributed by atoms with Crippen LogP contribution in [0.4, 0.5) is 5.82 Å². The number of pyridine rings is 1. The summed E-state index contributed by atoms with van der Waals surface area (Å²) >= 11 is 6.93. The maximum Gasteiger partial charge on any atom is 0.251 e. The second-order valence-corrected chi connectivity index (χ2v) is 7.85. The third-order valence-electron chi connectivity index (χ3n) is 4.96. The number of anilines is 1.